The molecule has 1 rings (SSSR count). The lowest BCUT2D eigenvalue weighted by Crippen LogP contribution is -2.43. The average molecular weight is 307 g/mol. The highest BCUT2D eigenvalue weighted by Gasteiger charge is 2.24. The van der Waals surface area contributed by atoms with Crippen molar-refractivity contribution < 1.29 is 9.59 Å². The first kappa shape index (κ1) is 17.1. The summed E-state index contributed by atoms with van der Waals surface area (Å²) in [7, 11) is 0. The third-order valence-electron chi connectivity index (χ3n) is 3.21. The minimum Gasteiger partial charge on any atom is -0.392 e. The first-order valence-electron chi connectivity index (χ1n) is 6.91. The van der Waals surface area contributed by atoms with Crippen LogP contribution in [0.5, 0.6) is 0 Å². The zero-order chi connectivity index (χ0) is 15.8. The van der Waals surface area contributed by atoms with Crippen molar-refractivity contribution in [3.63, 3.8) is 0 Å². The monoisotopic (exact) mass is 307 g/mol. The van der Waals surface area contributed by atoms with E-state index in [2.05, 4.69) is 5.32 Å². The van der Waals surface area contributed by atoms with Crippen LogP contribution in [0.25, 0.3) is 0 Å². The summed E-state index contributed by atoms with van der Waals surface area (Å²) in [6.07, 6.45) is 0. The molecule has 1 aromatic rings. The summed E-state index contributed by atoms with van der Waals surface area (Å²) in [4.78, 5) is 25.9. The zero-order valence-electron chi connectivity index (χ0n) is 12.3. The molecule has 21 heavy (non-hydrogen) atoms. The Morgan fingerprint density at radius 1 is 1.24 bits per heavy atom. The van der Waals surface area contributed by atoms with Crippen molar-refractivity contribution in [2.24, 2.45) is 5.73 Å². The van der Waals surface area contributed by atoms with Crippen LogP contribution in [-0.4, -0.2) is 41.3 Å². The molecule has 3 N–H and O–H groups in total. The van der Waals surface area contributed by atoms with Crippen molar-refractivity contribution in [3.05, 3.63) is 35.9 Å². The first-order chi connectivity index (χ1) is 10.0. The van der Waals surface area contributed by atoms with Gasteiger partial charge in [-0.25, -0.2) is 0 Å². The van der Waals surface area contributed by atoms with Crippen LogP contribution in [0.4, 0.5) is 0 Å². The Bertz CT molecular complexity index is 501. The molecule has 0 saturated carbocycles. The molecular weight excluding hydrogens is 286 g/mol. The summed E-state index contributed by atoms with van der Waals surface area (Å²) in [5, 5.41) is 2.61. The highest BCUT2D eigenvalue weighted by molar-refractivity contribution is 7.80. The number of nitrogens with zero attached hydrogens (tertiary/aromatic N) is 1. The molecule has 1 unspecified atom stereocenters. The third-order valence-corrected chi connectivity index (χ3v) is 3.45. The van der Waals surface area contributed by atoms with Crippen LogP contribution in [0.1, 0.15) is 25.3 Å². The van der Waals surface area contributed by atoms with Gasteiger partial charge in [0, 0.05) is 13.1 Å². The molecule has 0 radical (unpaired) electrons. The molecule has 2 amide bonds. The highest BCUT2D eigenvalue weighted by atomic mass is 32.1. The summed E-state index contributed by atoms with van der Waals surface area (Å²) in [5.74, 6) is -1.19. The van der Waals surface area contributed by atoms with Gasteiger partial charge in [-0.1, -0.05) is 42.5 Å². The Balaban J connectivity index is 2.72. The van der Waals surface area contributed by atoms with Gasteiger partial charge in [-0.05, 0) is 19.4 Å². The number of carbonyl (C=O) groups is 2. The van der Waals surface area contributed by atoms with Gasteiger partial charge >= 0.3 is 0 Å². The van der Waals surface area contributed by atoms with E-state index in [0.29, 0.717) is 13.1 Å². The number of rotatable bonds is 7. The zero-order valence-corrected chi connectivity index (χ0v) is 13.2. The lowest BCUT2D eigenvalue weighted by atomic mass is 9.98. The average Bonchev–Trinajstić information content (AvgIpc) is 2.47. The minimum atomic E-state index is -0.717. The predicted molar refractivity (Wildman–Crippen MR) is 86.9 cm³/mol. The summed E-state index contributed by atoms with van der Waals surface area (Å²) >= 11 is 4.97. The summed E-state index contributed by atoms with van der Waals surface area (Å²) < 4.78 is 0. The predicted octanol–water partition coefficient (Wildman–Crippen LogP) is 1.04. The molecule has 1 atom stereocenters. The van der Waals surface area contributed by atoms with Crippen LogP contribution in [0.3, 0.4) is 0 Å². The van der Waals surface area contributed by atoms with Crippen molar-refractivity contribution in [2.45, 2.75) is 19.8 Å². The Kier molecular flexibility index (Phi) is 6.81. The molecule has 0 saturated heterocycles. The van der Waals surface area contributed by atoms with Crippen LogP contribution in [0, 0.1) is 0 Å². The van der Waals surface area contributed by atoms with Crippen molar-refractivity contribution in [1.29, 1.82) is 0 Å². The van der Waals surface area contributed by atoms with E-state index in [1.54, 1.807) is 17.0 Å². The van der Waals surface area contributed by atoms with Crippen molar-refractivity contribution in [2.75, 3.05) is 19.6 Å². The topological polar surface area (TPSA) is 75.4 Å². The fraction of sp³-hybridized carbons (Fsp3) is 0.400. The largest absolute Gasteiger partial charge is 0.392 e. The molecule has 0 heterocycles. The van der Waals surface area contributed by atoms with Gasteiger partial charge in [0.2, 0.25) is 11.8 Å². The number of hydrogen-bond acceptors (Lipinski definition) is 3. The van der Waals surface area contributed by atoms with Crippen molar-refractivity contribution in [3.8, 4) is 0 Å². The van der Waals surface area contributed by atoms with E-state index in [9.17, 15) is 9.59 Å². The number of thiocarbonyl (C=S) groups is 1. The highest BCUT2D eigenvalue weighted by Crippen LogP contribution is 2.16. The number of nitrogens with one attached hydrogen (secondary N) is 1. The normalized spacial score (nSPS) is 11.5. The quantitative estimate of drug-likeness (QED) is 0.738. The van der Waals surface area contributed by atoms with E-state index < -0.39 is 5.92 Å². The molecule has 0 aliphatic carbocycles. The van der Waals surface area contributed by atoms with Crippen LogP contribution in [0.15, 0.2) is 30.3 Å². The van der Waals surface area contributed by atoms with E-state index >= 15 is 0 Å². The Morgan fingerprint density at radius 3 is 2.29 bits per heavy atom. The van der Waals surface area contributed by atoms with Crippen LogP contribution in [-0.2, 0) is 9.59 Å². The number of carbonyl (C=O) groups excluding carboxylic acids is 2. The number of benzene rings is 1. The smallest absolute Gasteiger partial charge is 0.241 e. The van der Waals surface area contributed by atoms with Crippen LogP contribution < -0.4 is 11.1 Å². The van der Waals surface area contributed by atoms with Gasteiger partial charge in [-0.3, -0.25) is 9.59 Å². The minimum absolute atomic E-state index is 0.0491. The maximum atomic E-state index is 12.2. The second kappa shape index (κ2) is 8.36. The van der Waals surface area contributed by atoms with E-state index in [1.807, 2.05) is 32.0 Å². The Labute approximate surface area is 130 Å². The van der Waals surface area contributed by atoms with Crippen LogP contribution >= 0.6 is 12.2 Å². The van der Waals surface area contributed by atoms with Gasteiger partial charge in [0.05, 0.1) is 11.5 Å². The van der Waals surface area contributed by atoms with Gasteiger partial charge < -0.3 is 16.0 Å². The second-order valence-corrected chi connectivity index (χ2v) is 5.00. The molecule has 0 aliphatic rings. The number of likely N-dealkylation sites (N-methyl/N-ethyl adjacent to an activating group) is 1. The number of amides is 2. The molecule has 0 aliphatic heterocycles. The molecule has 0 fully saturated rings. The maximum Gasteiger partial charge on any atom is 0.241 e. The molecule has 5 nitrogen and oxygen atoms in total. The molecule has 0 bridgehead atoms. The molecule has 0 spiro atoms. The van der Waals surface area contributed by atoms with Gasteiger partial charge in [-0.2, -0.15) is 0 Å². The number of nitrogens with two attached hydrogens (primary N) is 1. The molecule has 114 valence electrons. The van der Waals surface area contributed by atoms with Gasteiger partial charge in [0.15, 0.2) is 0 Å². The van der Waals surface area contributed by atoms with Gasteiger partial charge in [-0.15, -0.1) is 0 Å². The van der Waals surface area contributed by atoms with Crippen molar-refractivity contribution in [1.82, 2.24) is 10.2 Å². The molecule has 1 aromatic carbocycles. The lowest BCUT2D eigenvalue weighted by Gasteiger charge is -2.20. The van der Waals surface area contributed by atoms with Gasteiger partial charge in [0.25, 0.3) is 0 Å². The molecule has 0 aromatic heterocycles. The van der Waals surface area contributed by atoms with E-state index in [4.69, 9.17) is 18.0 Å². The number of hydrogen-bond donors (Lipinski definition) is 2. The Morgan fingerprint density at radius 2 is 1.81 bits per heavy atom. The second-order valence-electron chi connectivity index (χ2n) is 4.53. The van der Waals surface area contributed by atoms with Crippen molar-refractivity contribution >= 4 is 29.0 Å². The SMILES string of the molecule is CCN(CC)C(=O)CNC(=O)C(C(N)=S)c1ccccc1. The van der Waals surface area contributed by atoms with Crippen LogP contribution in [0.2, 0.25) is 0 Å². The van der Waals surface area contributed by atoms with E-state index in [-0.39, 0.29) is 23.3 Å². The maximum absolute atomic E-state index is 12.2. The molecular formula is C15H21N3O2S. The lowest BCUT2D eigenvalue weighted by molar-refractivity contribution is -0.132. The van der Waals surface area contributed by atoms with Gasteiger partial charge in [0.1, 0.15) is 5.92 Å². The van der Waals surface area contributed by atoms with E-state index in [0.717, 1.165) is 5.56 Å². The summed E-state index contributed by atoms with van der Waals surface area (Å²) in [6.45, 7) is 4.97. The fourth-order valence-corrected chi connectivity index (χ4v) is 2.29. The fourth-order valence-electron chi connectivity index (χ4n) is 2.04. The first-order valence-corrected chi connectivity index (χ1v) is 7.31. The summed E-state index contributed by atoms with van der Waals surface area (Å²) in [5.41, 5.74) is 6.38. The summed E-state index contributed by atoms with van der Waals surface area (Å²) in [6, 6.07) is 9.05. The molecule has 6 heteroatoms. The third kappa shape index (κ3) is 4.82. The van der Waals surface area contributed by atoms with E-state index in [1.165, 1.54) is 0 Å². The Hall–Kier alpha value is -1.95. The standard InChI is InChI=1S/C15H21N3O2S/c1-3-18(4-2)12(19)10-17-15(20)13(14(16)21)11-8-6-5-7-9-11/h5-9,13H,3-4,10H2,1-2H3,(H2,16,21)(H,17,20).